The standard InChI is InChI=1S/C12H17N3O2.2ClH/c1-9-3-2-4-14-11(9)12(16)15-5-6-17-10(7-13)8-15;;/h2-4,10H,5-8,13H2,1H3;2*1H. The minimum absolute atomic E-state index is 0. The van der Waals surface area contributed by atoms with Crippen LogP contribution in [0.2, 0.25) is 0 Å². The molecule has 1 aliphatic rings. The summed E-state index contributed by atoms with van der Waals surface area (Å²) >= 11 is 0. The van der Waals surface area contributed by atoms with Gasteiger partial charge in [-0.05, 0) is 18.6 Å². The molecule has 5 nitrogen and oxygen atoms in total. The summed E-state index contributed by atoms with van der Waals surface area (Å²) < 4.78 is 5.43. The van der Waals surface area contributed by atoms with E-state index in [9.17, 15) is 4.79 Å². The number of carbonyl (C=O) groups excluding carboxylic acids is 1. The van der Waals surface area contributed by atoms with Gasteiger partial charge in [-0.3, -0.25) is 9.78 Å². The zero-order valence-corrected chi connectivity index (χ0v) is 12.4. The zero-order chi connectivity index (χ0) is 12.3. The molecule has 2 rings (SSSR count). The quantitative estimate of drug-likeness (QED) is 0.886. The minimum atomic E-state index is -0.0586. The van der Waals surface area contributed by atoms with Crippen molar-refractivity contribution in [2.45, 2.75) is 13.0 Å². The molecule has 0 spiro atoms. The molecule has 1 aliphatic heterocycles. The van der Waals surface area contributed by atoms with Crippen molar-refractivity contribution in [3.8, 4) is 0 Å². The lowest BCUT2D eigenvalue weighted by Gasteiger charge is -2.32. The second-order valence-corrected chi connectivity index (χ2v) is 4.15. The van der Waals surface area contributed by atoms with Crippen LogP contribution < -0.4 is 5.73 Å². The van der Waals surface area contributed by atoms with Crippen LogP contribution >= 0.6 is 24.8 Å². The number of halogens is 2. The number of nitrogens with zero attached hydrogens (tertiary/aromatic N) is 2. The molecule has 1 fully saturated rings. The van der Waals surface area contributed by atoms with E-state index in [0.29, 0.717) is 31.9 Å². The highest BCUT2D eigenvalue weighted by Gasteiger charge is 2.25. The summed E-state index contributed by atoms with van der Waals surface area (Å²) in [6.45, 7) is 4.02. The van der Waals surface area contributed by atoms with E-state index in [1.165, 1.54) is 0 Å². The van der Waals surface area contributed by atoms with E-state index < -0.39 is 0 Å². The molecule has 0 saturated carbocycles. The minimum Gasteiger partial charge on any atom is -0.373 e. The predicted octanol–water partition coefficient (Wildman–Crippen LogP) is 1.03. The first-order valence-corrected chi connectivity index (χ1v) is 5.75. The van der Waals surface area contributed by atoms with E-state index in [0.717, 1.165) is 5.56 Å². The lowest BCUT2D eigenvalue weighted by atomic mass is 10.2. The molecule has 1 aromatic heterocycles. The van der Waals surface area contributed by atoms with Crippen LogP contribution in [0.3, 0.4) is 0 Å². The van der Waals surface area contributed by atoms with Crippen molar-refractivity contribution >= 4 is 30.7 Å². The Kier molecular flexibility index (Phi) is 7.94. The number of rotatable bonds is 2. The number of morpholine rings is 1. The number of hydrogen-bond acceptors (Lipinski definition) is 4. The Morgan fingerprint density at radius 1 is 1.58 bits per heavy atom. The molecule has 1 unspecified atom stereocenters. The van der Waals surface area contributed by atoms with E-state index in [4.69, 9.17) is 10.5 Å². The maximum Gasteiger partial charge on any atom is 0.272 e. The maximum absolute atomic E-state index is 12.2. The molecule has 108 valence electrons. The molecule has 1 aromatic rings. The highest BCUT2D eigenvalue weighted by molar-refractivity contribution is 5.93. The van der Waals surface area contributed by atoms with Crippen LogP contribution in [0.4, 0.5) is 0 Å². The van der Waals surface area contributed by atoms with E-state index in [2.05, 4.69) is 4.98 Å². The molecule has 0 radical (unpaired) electrons. The molecule has 2 heterocycles. The molecular formula is C12H19Cl2N3O2. The predicted molar refractivity (Wildman–Crippen MR) is 78.2 cm³/mol. The zero-order valence-electron chi connectivity index (χ0n) is 10.7. The summed E-state index contributed by atoms with van der Waals surface area (Å²) in [6.07, 6.45) is 1.58. The van der Waals surface area contributed by atoms with Gasteiger partial charge >= 0.3 is 0 Å². The Morgan fingerprint density at radius 2 is 2.32 bits per heavy atom. The van der Waals surface area contributed by atoms with E-state index >= 15 is 0 Å². The number of aryl methyl sites for hydroxylation is 1. The van der Waals surface area contributed by atoms with Crippen molar-refractivity contribution < 1.29 is 9.53 Å². The Hall–Kier alpha value is -0.880. The van der Waals surface area contributed by atoms with Crippen LogP contribution in [0.15, 0.2) is 18.3 Å². The number of pyridine rings is 1. The van der Waals surface area contributed by atoms with Gasteiger partial charge in [0.1, 0.15) is 5.69 Å². The van der Waals surface area contributed by atoms with Gasteiger partial charge in [0.2, 0.25) is 0 Å². The fourth-order valence-electron chi connectivity index (χ4n) is 1.91. The molecule has 1 saturated heterocycles. The van der Waals surface area contributed by atoms with Gasteiger partial charge in [-0.2, -0.15) is 0 Å². The lowest BCUT2D eigenvalue weighted by molar-refractivity contribution is -0.0169. The number of amides is 1. The first-order chi connectivity index (χ1) is 8.22. The molecule has 7 heteroatoms. The van der Waals surface area contributed by atoms with Crippen molar-refractivity contribution in [1.82, 2.24) is 9.88 Å². The average Bonchev–Trinajstić information content (AvgIpc) is 2.38. The largest absolute Gasteiger partial charge is 0.373 e. The highest BCUT2D eigenvalue weighted by Crippen LogP contribution is 2.11. The van der Waals surface area contributed by atoms with Gasteiger partial charge in [0.15, 0.2) is 0 Å². The number of aromatic nitrogens is 1. The number of nitrogens with two attached hydrogens (primary N) is 1. The monoisotopic (exact) mass is 307 g/mol. The lowest BCUT2D eigenvalue weighted by Crippen LogP contribution is -2.48. The Labute approximate surface area is 125 Å². The first-order valence-electron chi connectivity index (χ1n) is 5.75. The van der Waals surface area contributed by atoms with Gasteiger partial charge < -0.3 is 15.4 Å². The summed E-state index contributed by atoms with van der Waals surface area (Å²) in [5.41, 5.74) is 6.97. The molecule has 0 bridgehead atoms. The second-order valence-electron chi connectivity index (χ2n) is 4.15. The van der Waals surface area contributed by atoms with Gasteiger partial charge in [-0.1, -0.05) is 6.07 Å². The number of carbonyl (C=O) groups is 1. The summed E-state index contributed by atoms with van der Waals surface area (Å²) in [7, 11) is 0. The fourth-order valence-corrected chi connectivity index (χ4v) is 1.91. The van der Waals surface area contributed by atoms with Crippen LogP contribution in [0.5, 0.6) is 0 Å². The van der Waals surface area contributed by atoms with Crippen molar-refractivity contribution in [3.63, 3.8) is 0 Å². The molecule has 1 amide bonds. The van der Waals surface area contributed by atoms with Crippen LogP contribution in [-0.2, 0) is 4.74 Å². The third-order valence-electron chi connectivity index (χ3n) is 2.90. The van der Waals surface area contributed by atoms with Crippen molar-refractivity contribution in [3.05, 3.63) is 29.6 Å². The summed E-state index contributed by atoms with van der Waals surface area (Å²) in [4.78, 5) is 18.2. The third-order valence-corrected chi connectivity index (χ3v) is 2.90. The number of hydrogen-bond donors (Lipinski definition) is 1. The van der Waals surface area contributed by atoms with E-state index in [1.807, 2.05) is 19.1 Å². The summed E-state index contributed by atoms with van der Waals surface area (Å²) in [6, 6.07) is 3.72. The number of ether oxygens (including phenoxy) is 1. The topological polar surface area (TPSA) is 68.5 Å². The van der Waals surface area contributed by atoms with Crippen molar-refractivity contribution in [1.29, 1.82) is 0 Å². The smallest absolute Gasteiger partial charge is 0.272 e. The molecule has 19 heavy (non-hydrogen) atoms. The molecular weight excluding hydrogens is 289 g/mol. The first kappa shape index (κ1) is 18.1. The van der Waals surface area contributed by atoms with Crippen LogP contribution in [0.25, 0.3) is 0 Å². The van der Waals surface area contributed by atoms with Gasteiger partial charge in [0.05, 0.1) is 12.7 Å². The maximum atomic E-state index is 12.2. The van der Waals surface area contributed by atoms with Crippen LogP contribution in [-0.4, -0.2) is 48.1 Å². The fraction of sp³-hybridized carbons (Fsp3) is 0.500. The summed E-state index contributed by atoms with van der Waals surface area (Å²) in [5.74, 6) is -0.0372. The van der Waals surface area contributed by atoms with E-state index in [1.54, 1.807) is 11.1 Å². The van der Waals surface area contributed by atoms with Gasteiger partial charge in [0, 0.05) is 25.8 Å². The van der Waals surface area contributed by atoms with Gasteiger partial charge in [-0.15, -0.1) is 24.8 Å². The normalized spacial score (nSPS) is 18.2. The molecule has 2 N–H and O–H groups in total. The van der Waals surface area contributed by atoms with Crippen molar-refractivity contribution in [2.75, 3.05) is 26.2 Å². The van der Waals surface area contributed by atoms with Gasteiger partial charge in [0.25, 0.3) is 5.91 Å². The highest BCUT2D eigenvalue weighted by atomic mass is 35.5. The van der Waals surface area contributed by atoms with E-state index in [-0.39, 0.29) is 36.8 Å². The summed E-state index contributed by atoms with van der Waals surface area (Å²) in [5, 5.41) is 0. The second kappa shape index (κ2) is 8.32. The SMILES string of the molecule is Cc1cccnc1C(=O)N1CCOC(CN)C1.Cl.Cl. The van der Waals surface area contributed by atoms with Crippen molar-refractivity contribution in [2.24, 2.45) is 5.73 Å². The average molecular weight is 308 g/mol. The third kappa shape index (κ3) is 4.31. The van der Waals surface area contributed by atoms with Crippen LogP contribution in [0.1, 0.15) is 16.1 Å². The Balaban J connectivity index is 0.00000162. The Morgan fingerprint density at radius 3 is 2.95 bits per heavy atom. The van der Waals surface area contributed by atoms with Crippen LogP contribution in [0, 0.1) is 6.92 Å². The molecule has 1 atom stereocenters. The van der Waals surface area contributed by atoms with Gasteiger partial charge in [-0.25, -0.2) is 0 Å². The molecule has 0 aromatic carbocycles. The molecule has 0 aliphatic carbocycles. The Bertz CT molecular complexity index is 418.